The Hall–Kier alpha value is -1.44. The number of nitrogens with two attached hydrogens (primary N) is 1. The molecule has 2 nitrogen and oxygen atoms in total. The summed E-state index contributed by atoms with van der Waals surface area (Å²) >= 11 is 0. The molecule has 0 amide bonds. The van der Waals surface area contributed by atoms with E-state index >= 15 is 0 Å². The number of nitrogen functional groups attached to an aromatic ring is 1. The van der Waals surface area contributed by atoms with Crippen LogP contribution in [-0.4, -0.2) is 6.10 Å². The van der Waals surface area contributed by atoms with Gasteiger partial charge in [-0.1, -0.05) is 46.3 Å². The third-order valence-electron chi connectivity index (χ3n) is 3.95. The molecule has 1 aromatic carbocycles. The minimum atomic E-state index is 0.250. The molecule has 1 unspecified atom stereocenters. The van der Waals surface area contributed by atoms with Gasteiger partial charge in [-0.05, 0) is 61.8 Å². The Morgan fingerprint density at radius 3 is 2.45 bits per heavy atom. The van der Waals surface area contributed by atoms with Gasteiger partial charge >= 0.3 is 0 Å². The van der Waals surface area contributed by atoms with Gasteiger partial charge in [-0.15, -0.1) is 0 Å². The van der Waals surface area contributed by atoms with E-state index in [1.807, 2.05) is 6.92 Å². The molecule has 0 bridgehead atoms. The van der Waals surface area contributed by atoms with Gasteiger partial charge in [-0.2, -0.15) is 0 Å². The van der Waals surface area contributed by atoms with Crippen LogP contribution >= 0.6 is 0 Å². The van der Waals surface area contributed by atoms with Crippen molar-refractivity contribution in [3.63, 3.8) is 0 Å². The van der Waals surface area contributed by atoms with Crippen molar-refractivity contribution in [1.29, 1.82) is 0 Å². The number of rotatable bonds is 9. The molecule has 0 saturated heterocycles. The zero-order valence-electron chi connectivity index (χ0n) is 15.0. The minimum absolute atomic E-state index is 0.250. The fourth-order valence-electron chi connectivity index (χ4n) is 2.63. The Bertz CT molecular complexity index is 477. The predicted octanol–water partition coefficient (Wildman–Crippen LogP) is 5.85. The molecule has 0 aromatic heterocycles. The molecule has 0 fully saturated rings. The first kappa shape index (κ1) is 18.6. The topological polar surface area (TPSA) is 35.2 Å². The Kier molecular flexibility index (Phi) is 8.08. The average molecular weight is 303 g/mol. The maximum Gasteiger partial charge on any atom is 0.143 e. The summed E-state index contributed by atoms with van der Waals surface area (Å²) in [5, 5.41) is 0. The van der Waals surface area contributed by atoms with E-state index in [1.54, 1.807) is 0 Å². The van der Waals surface area contributed by atoms with Crippen molar-refractivity contribution < 1.29 is 4.74 Å². The second-order valence-corrected chi connectivity index (χ2v) is 6.46. The fourth-order valence-corrected chi connectivity index (χ4v) is 2.63. The van der Waals surface area contributed by atoms with E-state index in [4.69, 9.17) is 10.5 Å². The van der Waals surface area contributed by atoms with Gasteiger partial charge in [0.15, 0.2) is 0 Å². The number of anilines is 1. The summed E-state index contributed by atoms with van der Waals surface area (Å²) in [4.78, 5) is 0. The second kappa shape index (κ2) is 9.55. The number of hydrogen-bond donors (Lipinski definition) is 1. The smallest absolute Gasteiger partial charge is 0.143 e. The second-order valence-electron chi connectivity index (χ2n) is 6.46. The summed E-state index contributed by atoms with van der Waals surface area (Å²) in [6.07, 6.45) is 9.93. The lowest BCUT2D eigenvalue weighted by Crippen LogP contribution is -2.17. The Balaban J connectivity index is 2.95. The van der Waals surface area contributed by atoms with E-state index in [9.17, 15) is 0 Å². The first-order valence-electron chi connectivity index (χ1n) is 8.73. The highest BCUT2D eigenvalue weighted by molar-refractivity contribution is 5.65. The molecule has 0 saturated carbocycles. The lowest BCUT2D eigenvalue weighted by atomic mass is 10.0. The quantitative estimate of drug-likeness (QED) is 0.581. The van der Waals surface area contributed by atoms with Gasteiger partial charge in [0.2, 0.25) is 0 Å². The first-order valence-corrected chi connectivity index (χ1v) is 8.73. The van der Waals surface area contributed by atoms with Crippen molar-refractivity contribution >= 4 is 11.8 Å². The van der Waals surface area contributed by atoms with Crippen molar-refractivity contribution in [3.05, 3.63) is 29.3 Å². The Morgan fingerprint density at radius 2 is 1.91 bits per heavy atom. The molecule has 2 heteroatoms. The third-order valence-corrected chi connectivity index (χ3v) is 3.95. The van der Waals surface area contributed by atoms with Crippen LogP contribution in [0.2, 0.25) is 0 Å². The van der Waals surface area contributed by atoms with Gasteiger partial charge in [0, 0.05) is 0 Å². The van der Waals surface area contributed by atoms with Gasteiger partial charge in [-0.3, -0.25) is 0 Å². The SMILES string of the molecule is CC=Cc1cc(OC(CC)CCC(C)C)c(N)cc1CCC. The number of ether oxygens (including phenoxy) is 1. The van der Waals surface area contributed by atoms with Gasteiger partial charge in [0.05, 0.1) is 11.8 Å². The van der Waals surface area contributed by atoms with E-state index < -0.39 is 0 Å². The lowest BCUT2D eigenvalue weighted by Gasteiger charge is -2.21. The van der Waals surface area contributed by atoms with Crippen LogP contribution in [0.5, 0.6) is 5.75 Å². The molecule has 0 spiro atoms. The number of aryl methyl sites for hydroxylation is 1. The lowest BCUT2D eigenvalue weighted by molar-refractivity contribution is 0.179. The van der Waals surface area contributed by atoms with Crippen molar-refractivity contribution in [2.75, 3.05) is 5.73 Å². The van der Waals surface area contributed by atoms with Crippen LogP contribution in [-0.2, 0) is 6.42 Å². The maximum absolute atomic E-state index is 6.23. The number of hydrogen-bond acceptors (Lipinski definition) is 2. The van der Waals surface area contributed by atoms with E-state index in [1.165, 1.54) is 17.5 Å². The van der Waals surface area contributed by atoms with Crippen LogP contribution < -0.4 is 10.5 Å². The van der Waals surface area contributed by atoms with Crippen LogP contribution in [0.4, 0.5) is 5.69 Å². The van der Waals surface area contributed by atoms with Crippen LogP contribution in [0, 0.1) is 5.92 Å². The molecule has 0 aliphatic heterocycles. The highest BCUT2D eigenvalue weighted by Crippen LogP contribution is 2.30. The standard InChI is InChI=1S/C20H33NO/c1-6-9-16-13-19(21)20(14-17(16)10-7-2)22-18(8-3)12-11-15(4)5/h7,10,13-15,18H,6,8-9,11-12,21H2,1-5H3. The molecule has 1 aromatic rings. The first-order chi connectivity index (χ1) is 10.5. The zero-order valence-corrected chi connectivity index (χ0v) is 15.0. The predicted molar refractivity (Wildman–Crippen MR) is 98.3 cm³/mol. The molecule has 22 heavy (non-hydrogen) atoms. The molecule has 124 valence electrons. The van der Waals surface area contributed by atoms with E-state index in [0.717, 1.165) is 37.1 Å². The molecule has 2 N–H and O–H groups in total. The molecule has 0 aliphatic rings. The van der Waals surface area contributed by atoms with E-state index in [0.29, 0.717) is 5.92 Å². The summed E-state index contributed by atoms with van der Waals surface area (Å²) in [6.45, 7) is 10.9. The van der Waals surface area contributed by atoms with Gasteiger partial charge < -0.3 is 10.5 Å². The normalized spacial score (nSPS) is 13.0. The summed E-state index contributed by atoms with van der Waals surface area (Å²) in [5.74, 6) is 1.55. The van der Waals surface area contributed by atoms with Gasteiger partial charge in [0.1, 0.15) is 5.75 Å². The molecule has 0 heterocycles. The Labute approximate surface area is 136 Å². The third kappa shape index (κ3) is 5.75. The zero-order chi connectivity index (χ0) is 16.5. The largest absolute Gasteiger partial charge is 0.488 e. The molecular weight excluding hydrogens is 270 g/mol. The molecule has 1 atom stereocenters. The molecule has 0 aliphatic carbocycles. The van der Waals surface area contributed by atoms with E-state index in [-0.39, 0.29) is 6.10 Å². The monoisotopic (exact) mass is 303 g/mol. The number of allylic oxidation sites excluding steroid dienone is 1. The molecule has 1 rings (SSSR count). The molecular formula is C20H33NO. The fraction of sp³-hybridized carbons (Fsp3) is 0.600. The van der Waals surface area contributed by atoms with Gasteiger partial charge in [-0.25, -0.2) is 0 Å². The summed E-state index contributed by atoms with van der Waals surface area (Å²) < 4.78 is 6.21. The van der Waals surface area contributed by atoms with Gasteiger partial charge in [0.25, 0.3) is 0 Å². The minimum Gasteiger partial charge on any atom is -0.488 e. The molecule has 0 radical (unpaired) electrons. The van der Waals surface area contributed by atoms with Crippen LogP contribution in [0.25, 0.3) is 6.08 Å². The summed E-state index contributed by atoms with van der Waals surface area (Å²) in [5.41, 5.74) is 9.53. The van der Waals surface area contributed by atoms with E-state index in [2.05, 4.69) is 52.0 Å². The highest BCUT2D eigenvalue weighted by Gasteiger charge is 2.13. The summed E-state index contributed by atoms with van der Waals surface area (Å²) in [6, 6.07) is 4.20. The van der Waals surface area contributed by atoms with Crippen LogP contribution in [0.1, 0.15) is 71.4 Å². The van der Waals surface area contributed by atoms with Crippen molar-refractivity contribution in [2.24, 2.45) is 5.92 Å². The van der Waals surface area contributed by atoms with Crippen molar-refractivity contribution in [1.82, 2.24) is 0 Å². The Morgan fingerprint density at radius 1 is 1.18 bits per heavy atom. The van der Waals surface area contributed by atoms with Crippen molar-refractivity contribution in [2.45, 2.75) is 72.8 Å². The van der Waals surface area contributed by atoms with Crippen molar-refractivity contribution in [3.8, 4) is 5.75 Å². The van der Waals surface area contributed by atoms with Crippen LogP contribution in [0.15, 0.2) is 18.2 Å². The maximum atomic E-state index is 6.23. The highest BCUT2D eigenvalue weighted by atomic mass is 16.5. The number of benzene rings is 1. The average Bonchev–Trinajstić information content (AvgIpc) is 2.47. The van der Waals surface area contributed by atoms with Crippen LogP contribution in [0.3, 0.4) is 0 Å². The summed E-state index contributed by atoms with van der Waals surface area (Å²) in [7, 11) is 0.